The average Bonchev–Trinajstić information content (AvgIpc) is 2.99. The van der Waals surface area contributed by atoms with Gasteiger partial charge in [0.05, 0.1) is 5.52 Å². The number of alkyl halides is 2. The molecule has 0 fully saturated rings. The van der Waals surface area contributed by atoms with E-state index in [1.807, 2.05) is 31.3 Å². The maximum atomic E-state index is 14.6. The number of fused-ring (bicyclic) bond motifs is 3. The summed E-state index contributed by atoms with van der Waals surface area (Å²) in [5, 5.41) is 2.08. The van der Waals surface area contributed by atoms with Crippen molar-refractivity contribution in [3.63, 3.8) is 0 Å². The minimum atomic E-state index is -3.70. The van der Waals surface area contributed by atoms with Crippen LogP contribution in [0.4, 0.5) is 14.6 Å². The van der Waals surface area contributed by atoms with E-state index in [4.69, 9.17) is 29.0 Å². The molecule has 0 bridgehead atoms. The Balaban J connectivity index is 1.18. The molecule has 0 saturated heterocycles. The van der Waals surface area contributed by atoms with Crippen molar-refractivity contribution in [1.82, 2.24) is 9.97 Å². The first-order valence-corrected chi connectivity index (χ1v) is 19.0. The van der Waals surface area contributed by atoms with Crippen LogP contribution >= 0.6 is 16.3 Å². The zero-order valence-corrected chi connectivity index (χ0v) is 28.7. The van der Waals surface area contributed by atoms with E-state index in [1.165, 1.54) is 5.56 Å². The number of aromatic nitrogens is 2. The van der Waals surface area contributed by atoms with E-state index in [2.05, 4.69) is 50.1 Å². The van der Waals surface area contributed by atoms with Gasteiger partial charge < -0.3 is 5.73 Å². The first kappa shape index (κ1) is 35.3. The average molecular weight is 664 g/mol. The Hall–Kier alpha value is -2.58. The fraction of sp³-hybridized carbons (Fsp3) is 0.455. The van der Waals surface area contributed by atoms with E-state index >= 15 is 0 Å². The molecule has 2 N–H and O–H groups in total. The summed E-state index contributed by atoms with van der Waals surface area (Å²) in [5.41, 5.74) is 9.40. The second kappa shape index (κ2) is 16.3. The number of hydrogen-bond donors (Lipinski definition) is 1. The monoisotopic (exact) mass is 663 g/mol. The van der Waals surface area contributed by atoms with Crippen LogP contribution in [0.1, 0.15) is 42.5 Å². The maximum absolute atomic E-state index is 14.6. The van der Waals surface area contributed by atoms with Gasteiger partial charge in [-0.15, -0.1) is 0 Å². The zero-order valence-electron chi connectivity index (χ0n) is 26.5. The molecular formula is C33H45F2N3O5P2. The van der Waals surface area contributed by atoms with Gasteiger partial charge in [-0.1, -0.05) is 18.2 Å². The molecule has 0 saturated carbocycles. The van der Waals surface area contributed by atoms with Crippen LogP contribution in [0.25, 0.3) is 21.8 Å². The quantitative estimate of drug-likeness (QED) is 0.0661. The van der Waals surface area contributed by atoms with Gasteiger partial charge in [-0.05, 0) is 61.1 Å². The van der Waals surface area contributed by atoms with Crippen LogP contribution in [-0.2, 0) is 31.4 Å². The second-order valence-corrected chi connectivity index (χ2v) is 15.8. The summed E-state index contributed by atoms with van der Waals surface area (Å²) in [6, 6.07) is 14.5. The van der Waals surface area contributed by atoms with Crippen LogP contribution in [-0.4, -0.2) is 61.9 Å². The normalized spacial score (nSPS) is 12.7. The Bertz CT molecular complexity index is 1570. The Morgan fingerprint density at radius 2 is 1.58 bits per heavy atom. The third-order valence-electron chi connectivity index (χ3n) is 7.52. The zero-order chi connectivity index (χ0) is 32.5. The first-order valence-electron chi connectivity index (χ1n) is 15.3. The van der Waals surface area contributed by atoms with Gasteiger partial charge in [0.1, 0.15) is 5.52 Å². The van der Waals surface area contributed by atoms with Crippen molar-refractivity contribution in [2.75, 3.05) is 52.0 Å². The topological polar surface area (TPSA) is 98.0 Å². The Morgan fingerprint density at radius 1 is 0.867 bits per heavy atom. The molecule has 2 aromatic carbocycles. The molecule has 8 nitrogen and oxygen atoms in total. The summed E-state index contributed by atoms with van der Waals surface area (Å²) in [5.74, 6) is 1.21. The summed E-state index contributed by atoms with van der Waals surface area (Å²) in [4.78, 5) is 9.17. The molecule has 4 aromatic rings. The van der Waals surface area contributed by atoms with E-state index in [0.29, 0.717) is 19.0 Å². The molecule has 0 aliphatic carbocycles. The predicted molar refractivity (Wildman–Crippen MR) is 183 cm³/mol. The molecule has 4 rings (SSSR count). The molecule has 0 aliphatic rings. The molecule has 45 heavy (non-hydrogen) atoms. The van der Waals surface area contributed by atoms with Crippen molar-refractivity contribution in [2.24, 2.45) is 0 Å². The van der Waals surface area contributed by atoms with Gasteiger partial charge in [-0.3, -0.25) is 4.98 Å². The van der Waals surface area contributed by atoms with Gasteiger partial charge in [0.25, 0.3) is 0 Å². The minimum absolute atomic E-state index is 0.109. The number of anilines is 1. The molecule has 1 atom stereocenters. The van der Waals surface area contributed by atoms with Gasteiger partial charge in [0, 0.05) is 17.0 Å². The third kappa shape index (κ3) is 9.25. The number of nitrogens with two attached hydrogens (primary N) is 1. The number of hydrogen-bond acceptors (Lipinski definition) is 8. The van der Waals surface area contributed by atoms with Crippen LogP contribution < -0.4 is 10.5 Å². The summed E-state index contributed by atoms with van der Waals surface area (Å²) >= 11 is 0. The number of rotatable bonds is 18. The van der Waals surface area contributed by atoms with E-state index < -0.39 is 19.5 Å². The van der Waals surface area contributed by atoms with Gasteiger partial charge in [0.15, 0.2) is 5.82 Å². The van der Waals surface area contributed by atoms with E-state index in [1.54, 1.807) is 13.8 Å². The summed E-state index contributed by atoms with van der Waals surface area (Å²) in [6.07, 6.45) is 3.12. The predicted octanol–water partition coefficient (Wildman–Crippen LogP) is 7.61. The number of ether oxygens (including phenoxy) is 3. The Morgan fingerprint density at radius 3 is 2.29 bits per heavy atom. The molecule has 12 heteroatoms. The number of nitrogens with zero attached hydrogens (tertiary/aromatic N) is 2. The molecule has 1 unspecified atom stereocenters. The van der Waals surface area contributed by atoms with Crippen molar-refractivity contribution in [3.05, 3.63) is 70.9 Å². The Labute approximate surface area is 266 Å². The molecule has 0 radical (unpaired) electrons. The van der Waals surface area contributed by atoms with Gasteiger partial charge in [-0.2, -0.15) is 0 Å². The van der Waals surface area contributed by atoms with Gasteiger partial charge in [0.2, 0.25) is 0 Å². The van der Waals surface area contributed by atoms with Crippen molar-refractivity contribution in [3.8, 4) is 5.75 Å². The molecule has 2 aromatic heterocycles. The summed E-state index contributed by atoms with van der Waals surface area (Å²) in [6.45, 7) is 8.94. The SMILES string of the molecule is CCO[PH](P)(OCC)C(F)(F)CCOCCOCCOc1ccc(CCc2cnc3c(N)nc4cc(C)ccc4c3c2)c(C)c1. The van der Waals surface area contributed by atoms with Crippen LogP contribution in [0, 0.1) is 13.8 Å². The number of aryl methyl sites for hydroxylation is 4. The second-order valence-electron chi connectivity index (χ2n) is 10.9. The Kier molecular flexibility index (Phi) is 12.8. The molecular weight excluding hydrogens is 618 g/mol. The van der Waals surface area contributed by atoms with E-state index in [-0.39, 0.29) is 33.0 Å². The summed E-state index contributed by atoms with van der Waals surface area (Å²) < 4.78 is 56.6. The number of halogens is 2. The fourth-order valence-electron chi connectivity index (χ4n) is 5.11. The van der Waals surface area contributed by atoms with Crippen molar-refractivity contribution >= 4 is 44.0 Å². The van der Waals surface area contributed by atoms with Crippen LogP contribution in [0.15, 0.2) is 48.7 Å². The third-order valence-corrected chi connectivity index (χ3v) is 12.5. The van der Waals surface area contributed by atoms with E-state index in [9.17, 15) is 8.78 Å². The number of benzene rings is 2. The van der Waals surface area contributed by atoms with Gasteiger partial charge in [-0.25, -0.2) is 4.98 Å². The smallest absolute Gasteiger partial charge is 0.382 e. The molecule has 0 aliphatic heterocycles. The molecule has 0 amide bonds. The summed E-state index contributed by atoms with van der Waals surface area (Å²) in [7, 11) is -1.57. The van der Waals surface area contributed by atoms with Crippen molar-refractivity contribution in [2.45, 2.75) is 52.6 Å². The van der Waals surface area contributed by atoms with Crippen LogP contribution in [0.3, 0.4) is 0 Å². The van der Waals surface area contributed by atoms with E-state index in [0.717, 1.165) is 57.1 Å². The van der Waals surface area contributed by atoms with Crippen molar-refractivity contribution in [1.29, 1.82) is 0 Å². The molecule has 0 spiro atoms. The minimum Gasteiger partial charge on any atom is -0.382 e. The van der Waals surface area contributed by atoms with Gasteiger partial charge >= 0.3 is 138 Å². The fourth-order valence-corrected chi connectivity index (χ4v) is 8.36. The number of nitrogen functional groups attached to an aromatic ring is 1. The molecule has 2 heterocycles. The number of pyridine rings is 2. The van der Waals surface area contributed by atoms with Crippen LogP contribution in [0.2, 0.25) is 0 Å². The standard InChI is InChI=1S/C33H45F2N3O5P2/c1-5-42-45(44,43-6-2)33(34,35)13-14-39-15-16-40-17-18-41-27-11-10-26(24(4)20-27)9-8-25-21-29-28-12-7-23(3)19-30(28)38-32(36)31(29)37-22-25/h7,10-12,19-22,45H,5-6,8-9,13-18,44H2,1-4H3,(H2,36,38). The van der Waals surface area contributed by atoms with Crippen LogP contribution in [0.5, 0.6) is 5.75 Å². The molecule has 246 valence electrons. The first-order chi connectivity index (χ1) is 21.6. The van der Waals surface area contributed by atoms with Crippen molar-refractivity contribution < 1.29 is 32.0 Å².